The number of hydrogen-bond donors (Lipinski definition) is 2. The molecule has 0 spiro atoms. The van der Waals surface area contributed by atoms with Gasteiger partial charge < -0.3 is 10.6 Å². The Morgan fingerprint density at radius 2 is 2.20 bits per heavy atom. The predicted molar refractivity (Wildman–Crippen MR) is 61.7 cm³/mol. The highest BCUT2D eigenvalue weighted by Gasteiger charge is 2.06. The Balaban J connectivity index is 2.51. The minimum absolute atomic E-state index is 0.0423. The summed E-state index contributed by atoms with van der Waals surface area (Å²) >= 11 is 1.68. The number of carbonyl (C=O) groups is 2. The summed E-state index contributed by atoms with van der Waals surface area (Å²) in [6, 6.07) is -0.0901. The maximum atomic E-state index is 11.3. The van der Waals surface area contributed by atoms with Gasteiger partial charge in [-0.25, -0.2) is 0 Å². The highest BCUT2D eigenvalue weighted by Crippen LogP contribution is 2.02. The molecule has 5 heteroatoms. The molecule has 0 aromatic carbocycles. The SMILES string of the molecule is C[C@H]1/C=C/C(=O)NCCSCCC(=O)N1. The molecule has 0 aromatic rings. The van der Waals surface area contributed by atoms with Crippen LogP contribution in [0.1, 0.15) is 13.3 Å². The van der Waals surface area contributed by atoms with Gasteiger partial charge >= 0.3 is 0 Å². The number of amides is 2. The molecule has 4 nitrogen and oxygen atoms in total. The van der Waals surface area contributed by atoms with Crippen LogP contribution in [-0.4, -0.2) is 35.9 Å². The lowest BCUT2D eigenvalue weighted by Gasteiger charge is -2.11. The van der Waals surface area contributed by atoms with Crippen molar-refractivity contribution in [2.24, 2.45) is 0 Å². The third-order valence-corrected chi connectivity index (χ3v) is 2.93. The zero-order valence-corrected chi connectivity index (χ0v) is 9.60. The van der Waals surface area contributed by atoms with E-state index in [1.54, 1.807) is 17.8 Å². The minimum Gasteiger partial charge on any atom is -0.352 e. The van der Waals surface area contributed by atoms with Crippen LogP contribution >= 0.6 is 11.8 Å². The van der Waals surface area contributed by atoms with E-state index in [1.165, 1.54) is 6.08 Å². The van der Waals surface area contributed by atoms with E-state index in [2.05, 4.69) is 10.6 Å². The van der Waals surface area contributed by atoms with Crippen molar-refractivity contribution in [2.45, 2.75) is 19.4 Å². The van der Waals surface area contributed by atoms with Crippen LogP contribution < -0.4 is 10.6 Å². The van der Waals surface area contributed by atoms with E-state index >= 15 is 0 Å². The lowest BCUT2D eigenvalue weighted by atomic mass is 10.3. The molecule has 0 radical (unpaired) electrons. The Bertz CT molecular complexity index is 266. The maximum Gasteiger partial charge on any atom is 0.243 e. The summed E-state index contributed by atoms with van der Waals surface area (Å²) in [5.41, 5.74) is 0. The first kappa shape index (κ1) is 12.1. The van der Waals surface area contributed by atoms with Crippen molar-refractivity contribution in [2.75, 3.05) is 18.1 Å². The van der Waals surface area contributed by atoms with Gasteiger partial charge in [-0.3, -0.25) is 9.59 Å². The normalized spacial score (nSPS) is 26.9. The highest BCUT2D eigenvalue weighted by atomic mass is 32.2. The van der Waals surface area contributed by atoms with Crippen LogP contribution in [0, 0.1) is 0 Å². The lowest BCUT2D eigenvalue weighted by molar-refractivity contribution is -0.121. The second kappa shape index (κ2) is 6.50. The van der Waals surface area contributed by atoms with Crippen LogP contribution in [0.2, 0.25) is 0 Å². The van der Waals surface area contributed by atoms with Crippen LogP contribution in [-0.2, 0) is 9.59 Å². The Labute approximate surface area is 93.9 Å². The molecule has 0 saturated carbocycles. The zero-order chi connectivity index (χ0) is 11.1. The summed E-state index contributed by atoms with van der Waals surface area (Å²) in [4.78, 5) is 22.5. The molecular weight excluding hydrogens is 212 g/mol. The van der Waals surface area contributed by atoms with E-state index in [0.29, 0.717) is 13.0 Å². The molecule has 0 unspecified atom stereocenters. The average Bonchev–Trinajstić information content (AvgIpc) is 2.18. The van der Waals surface area contributed by atoms with E-state index in [-0.39, 0.29) is 17.9 Å². The van der Waals surface area contributed by atoms with Gasteiger partial charge in [0.25, 0.3) is 0 Å². The summed E-state index contributed by atoms with van der Waals surface area (Å²) in [5, 5.41) is 5.57. The van der Waals surface area contributed by atoms with Gasteiger partial charge in [0.05, 0.1) is 0 Å². The van der Waals surface area contributed by atoms with Gasteiger partial charge in [-0.05, 0) is 6.92 Å². The number of carbonyl (C=O) groups excluding carboxylic acids is 2. The third kappa shape index (κ3) is 5.47. The molecule has 1 aliphatic heterocycles. The monoisotopic (exact) mass is 228 g/mol. The largest absolute Gasteiger partial charge is 0.352 e. The number of hydrogen-bond acceptors (Lipinski definition) is 3. The third-order valence-electron chi connectivity index (χ3n) is 1.94. The first-order valence-electron chi connectivity index (χ1n) is 5.01. The van der Waals surface area contributed by atoms with Gasteiger partial charge in [-0.1, -0.05) is 6.08 Å². The molecule has 0 aromatic heterocycles. The Morgan fingerprint density at radius 3 is 3.00 bits per heavy atom. The fourth-order valence-corrected chi connectivity index (χ4v) is 1.96. The van der Waals surface area contributed by atoms with Gasteiger partial charge in [0.1, 0.15) is 0 Å². The first-order chi connectivity index (χ1) is 7.18. The van der Waals surface area contributed by atoms with Crippen molar-refractivity contribution < 1.29 is 9.59 Å². The maximum absolute atomic E-state index is 11.3. The van der Waals surface area contributed by atoms with Crippen LogP contribution in [0.5, 0.6) is 0 Å². The highest BCUT2D eigenvalue weighted by molar-refractivity contribution is 7.99. The number of nitrogens with one attached hydrogen (secondary N) is 2. The van der Waals surface area contributed by atoms with Crippen LogP contribution in [0.3, 0.4) is 0 Å². The van der Waals surface area contributed by atoms with Gasteiger partial charge in [0.15, 0.2) is 0 Å². The Hall–Kier alpha value is -0.970. The number of rotatable bonds is 0. The summed E-state index contributed by atoms with van der Waals surface area (Å²) in [7, 11) is 0. The predicted octanol–water partition coefficient (Wildman–Crippen LogP) is 0.300. The van der Waals surface area contributed by atoms with Crippen molar-refractivity contribution in [1.82, 2.24) is 10.6 Å². The molecule has 1 atom stereocenters. The van der Waals surface area contributed by atoms with E-state index in [4.69, 9.17) is 0 Å². The molecule has 1 rings (SSSR count). The molecule has 0 aliphatic carbocycles. The fourth-order valence-electron chi connectivity index (χ4n) is 1.18. The fraction of sp³-hybridized carbons (Fsp3) is 0.600. The van der Waals surface area contributed by atoms with E-state index in [0.717, 1.165) is 11.5 Å². The van der Waals surface area contributed by atoms with Crippen molar-refractivity contribution in [3.05, 3.63) is 12.2 Å². The van der Waals surface area contributed by atoms with Crippen molar-refractivity contribution >= 4 is 23.6 Å². The summed E-state index contributed by atoms with van der Waals surface area (Å²) in [6.07, 6.45) is 3.70. The van der Waals surface area contributed by atoms with Crippen molar-refractivity contribution in [1.29, 1.82) is 0 Å². The zero-order valence-electron chi connectivity index (χ0n) is 8.79. The van der Waals surface area contributed by atoms with Crippen LogP contribution in [0.4, 0.5) is 0 Å². The average molecular weight is 228 g/mol. The molecule has 84 valence electrons. The van der Waals surface area contributed by atoms with Crippen LogP contribution in [0.15, 0.2) is 12.2 Å². The van der Waals surface area contributed by atoms with Crippen LogP contribution in [0.25, 0.3) is 0 Å². The molecule has 0 bridgehead atoms. The first-order valence-corrected chi connectivity index (χ1v) is 6.17. The minimum atomic E-state index is -0.0997. The smallest absolute Gasteiger partial charge is 0.243 e. The van der Waals surface area contributed by atoms with Crippen molar-refractivity contribution in [3.63, 3.8) is 0 Å². The molecule has 15 heavy (non-hydrogen) atoms. The topological polar surface area (TPSA) is 58.2 Å². The molecule has 1 heterocycles. The second-order valence-corrected chi connectivity index (χ2v) is 4.59. The molecule has 0 saturated heterocycles. The molecular formula is C10H16N2O2S. The lowest BCUT2D eigenvalue weighted by Crippen LogP contribution is -2.32. The molecule has 2 amide bonds. The quantitative estimate of drug-likeness (QED) is 0.627. The van der Waals surface area contributed by atoms with Gasteiger partial charge in [0, 0.05) is 36.6 Å². The molecule has 2 N–H and O–H groups in total. The number of thioether (sulfide) groups is 1. The standard InChI is InChI=1S/C10H16N2O2S/c1-8-2-3-9(13)11-5-7-15-6-4-10(14)12-8/h2-3,8H,4-7H2,1H3,(H,11,13)(H,12,14)/b3-2+/t8-/m0/s1. The van der Waals surface area contributed by atoms with E-state index in [1.807, 2.05) is 6.92 Å². The summed E-state index contributed by atoms with van der Waals surface area (Å²) < 4.78 is 0. The van der Waals surface area contributed by atoms with E-state index < -0.39 is 0 Å². The second-order valence-electron chi connectivity index (χ2n) is 3.37. The molecule has 0 fully saturated rings. The van der Waals surface area contributed by atoms with Crippen molar-refractivity contribution in [3.8, 4) is 0 Å². The Kier molecular flexibility index (Phi) is 5.25. The summed E-state index contributed by atoms with van der Waals surface area (Å²) in [5.74, 6) is 1.60. The van der Waals surface area contributed by atoms with Gasteiger partial charge in [-0.2, -0.15) is 11.8 Å². The summed E-state index contributed by atoms with van der Waals surface area (Å²) in [6.45, 7) is 2.50. The van der Waals surface area contributed by atoms with Gasteiger partial charge in [0.2, 0.25) is 11.8 Å². The van der Waals surface area contributed by atoms with Gasteiger partial charge in [-0.15, -0.1) is 0 Å². The Morgan fingerprint density at radius 1 is 1.40 bits per heavy atom. The van der Waals surface area contributed by atoms with E-state index in [9.17, 15) is 9.59 Å². The molecule has 1 aliphatic rings.